The molecule has 0 amide bonds. The van der Waals surface area contributed by atoms with Crippen LogP contribution >= 0.6 is 15.9 Å². The Labute approximate surface area is 91.3 Å². The third kappa shape index (κ3) is 2.80. The number of hydrogen-bond donors (Lipinski definition) is 1. The van der Waals surface area contributed by atoms with Gasteiger partial charge in [0.05, 0.1) is 5.92 Å². The minimum atomic E-state index is -0.773. The van der Waals surface area contributed by atoms with Gasteiger partial charge in [-0.25, -0.2) is 4.98 Å². The fraction of sp³-hybridized carbons (Fsp3) is 0.400. The van der Waals surface area contributed by atoms with Crippen LogP contribution in [0, 0.1) is 0 Å². The number of carboxylic acid groups (broad SMARTS) is 1. The Morgan fingerprint density at radius 1 is 1.71 bits per heavy atom. The third-order valence-electron chi connectivity index (χ3n) is 2.03. The lowest BCUT2D eigenvalue weighted by Crippen LogP contribution is -2.11. The maximum atomic E-state index is 11.0. The zero-order chi connectivity index (χ0) is 10.6. The van der Waals surface area contributed by atoms with Gasteiger partial charge in [-0.2, -0.15) is 0 Å². The normalized spacial score (nSPS) is 12.4. The van der Waals surface area contributed by atoms with Gasteiger partial charge in [0.2, 0.25) is 0 Å². The van der Waals surface area contributed by atoms with Gasteiger partial charge in [0.1, 0.15) is 4.60 Å². The second-order valence-corrected chi connectivity index (χ2v) is 3.90. The molecule has 0 bridgehead atoms. The molecule has 0 fully saturated rings. The summed E-state index contributed by atoms with van der Waals surface area (Å²) in [6, 6.07) is 3.51. The molecule has 1 rings (SSSR count). The molecule has 0 aliphatic carbocycles. The highest BCUT2D eigenvalue weighted by atomic mass is 79.9. The molecule has 1 heterocycles. The van der Waals surface area contributed by atoms with E-state index in [0.717, 1.165) is 12.0 Å². The molecule has 0 aromatic carbocycles. The van der Waals surface area contributed by atoms with Crippen molar-refractivity contribution in [2.24, 2.45) is 0 Å². The van der Waals surface area contributed by atoms with Crippen molar-refractivity contribution < 1.29 is 9.90 Å². The highest BCUT2D eigenvalue weighted by molar-refractivity contribution is 9.10. The smallest absolute Gasteiger partial charge is 0.310 e. The molecule has 1 atom stereocenters. The molecule has 0 saturated heterocycles. The van der Waals surface area contributed by atoms with Crippen molar-refractivity contribution in [3.8, 4) is 0 Å². The van der Waals surface area contributed by atoms with Crippen LogP contribution in [0.4, 0.5) is 0 Å². The van der Waals surface area contributed by atoms with E-state index in [2.05, 4.69) is 20.9 Å². The molecule has 0 aliphatic heterocycles. The van der Waals surface area contributed by atoms with Gasteiger partial charge in [-0.05, 0) is 40.0 Å². The van der Waals surface area contributed by atoms with E-state index in [-0.39, 0.29) is 0 Å². The van der Waals surface area contributed by atoms with E-state index in [0.29, 0.717) is 11.0 Å². The summed E-state index contributed by atoms with van der Waals surface area (Å²) in [4.78, 5) is 14.9. The third-order valence-corrected chi connectivity index (χ3v) is 2.46. The molecular formula is C10H12BrNO2. The Balaban J connectivity index is 2.93. The van der Waals surface area contributed by atoms with Crippen LogP contribution in [0.15, 0.2) is 22.9 Å². The van der Waals surface area contributed by atoms with Crippen LogP contribution in [0.3, 0.4) is 0 Å². The number of carboxylic acids is 1. The second kappa shape index (κ2) is 5.10. The maximum Gasteiger partial charge on any atom is 0.310 e. The van der Waals surface area contributed by atoms with E-state index in [9.17, 15) is 4.79 Å². The molecule has 0 spiro atoms. The molecule has 76 valence electrons. The minimum absolute atomic E-state index is 0.417. The average molecular weight is 258 g/mol. The zero-order valence-corrected chi connectivity index (χ0v) is 9.49. The number of halogens is 1. The molecule has 1 aromatic rings. The van der Waals surface area contributed by atoms with Gasteiger partial charge in [0.25, 0.3) is 0 Å². The van der Waals surface area contributed by atoms with E-state index >= 15 is 0 Å². The summed E-state index contributed by atoms with van der Waals surface area (Å²) in [5, 5.41) is 9.01. The molecule has 0 aliphatic rings. The van der Waals surface area contributed by atoms with Crippen LogP contribution in [0.5, 0.6) is 0 Å². The molecule has 1 N–H and O–H groups in total. The van der Waals surface area contributed by atoms with E-state index in [1.165, 1.54) is 0 Å². The van der Waals surface area contributed by atoms with E-state index in [4.69, 9.17) is 5.11 Å². The number of nitrogens with zero attached hydrogens (tertiary/aromatic N) is 1. The standard InChI is InChI=1S/C10H12BrNO2/c1-2-3-8(10(13)14)7-4-5-12-9(11)6-7/h4-6,8H,2-3H2,1H3,(H,13,14). The van der Waals surface area contributed by atoms with E-state index in [1.54, 1.807) is 18.3 Å². The van der Waals surface area contributed by atoms with Crippen LogP contribution < -0.4 is 0 Å². The second-order valence-electron chi connectivity index (χ2n) is 3.09. The first kappa shape index (κ1) is 11.2. The minimum Gasteiger partial charge on any atom is -0.481 e. The molecule has 4 heteroatoms. The highest BCUT2D eigenvalue weighted by Crippen LogP contribution is 2.23. The number of aromatic nitrogens is 1. The average Bonchev–Trinajstić information content (AvgIpc) is 2.13. The maximum absolute atomic E-state index is 11.0. The Morgan fingerprint density at radius 3 is 2.93 bits per heavy atom. The predicted molar refractivity (Wildman–Crippen MR) is 57.2 cm³/mol. The van der Waals surface area contributed by atoms with E-state index in [1.807, 2.05) is 6.92 Å². The lowest BCUT2D eigenvalue weighted by Gasteiger charge is -2.11. The summed E-state index contributed by atoms with van der Waals surface area (Å²) in [6.07, 6.45) is 3.13. The summed E-state index contributed by atoms with van der Waals surface area (Å²) in [7, 11) is 0. The van der Waals surface area contributed by atoms with Crippen molar-refractivity contribution in [1.29, 1.82) is 0 Å². The first-order chi connectivity index (χ1) is 6.65. The van der Waals surface area contributed by atoms with Crippen LogP contribution in [0.2, 0.25) is 0 Å². The summed E-state index contributed by atoms with van der Waals surface area (Å²) >= 11 is 3.23. The SMILES string of the molecule is CCCC(C(=O)O)c1ccnc(Br)c1. The van der Waals surface area contributed by atoms with Gasteiger partial charge >= 0.3 is 5.97 Å². The Morgan fingerprint density at radius 2 is 2.43 bits per heavy atom. The van der Waals surface area contributed by atoms with Crippen LogP contribution in [0.1, 0.15) is 31.2 Å². The first-order valence-electron chi connectivity index (χ1n) is 4.49. The number of rotatable bonds is 4. The van der Waals surface area contributed by atoms with Crippen LogP contribution in [-0.2, 0) is 4.79 Å². The van der Waals surface area contributed by atoms with Gasteiger partial charge in [-0.15, -0.1) is 0 Å². The van der Waals surface area contributed by atoms with Gasteiger partial charge in [0.15, 0.2) is 0 Å². The van der Waals surface area contributed by atoms with Gasteiger partial charge in [-0.3, -0.25) is 4.79 Å². The van der Waals surface area contributed by atoms with Crippen molar-refractivity contribution in [2.75, 3.05) is 0 Å². The van der Waals surface area contributed by atoms with Gasteiger partial charge < -0.3 is 5.11 Å². The summed E-state index contributed by atoms with van der Waals surface area (Å²) in [6.45, 7) is 1.98. The number of aliphatic carboxylic acids is 1. The molecule has 0 radical (unpaired) electrons. The lowest BCUT2D eigenvalue weighted by atomic mass is 9.96. The quantitative estimate of drug-likeness (QED) is 0.845. The van der Waals surface area contributed by atoms with Gasteiger partial charge in [-0.1, -0.05) is 13.3 Å². The number of hydrogen-bond acceptors (Lipinski definition) is 2. The largest absolute Gasteiger partial charge is 0.481 e. The van der Waals surface area contributed by atoms with Crippen molar-refractivity contribution >= 4 is 21.9 Å². The molecule has 3 nitrogen and oxygen atoms in total. The van der Waals surface area contributed by atoms with Crippen LogP contribution in [0.25, 0.3) is 0 Å². The van der Waals surface area contributed by atoms with Gasteiger partial charge in [0, 0.05) is 6.20 Å². The molecule has 1 aromatic heterocycles. The number of carbonyl (C=O) groups is 1. The van der Waals surface area contributed by atoms with Crippen molar-refractivity contribution in [3.05, 3.63) is 28.5 Å². The number of pyridine rings is 1. The van der Waals surface area contributed by atoms with Crippen molar-refractivity contribution in [2.45, 2.75) is 25.7 Å². The monoisotopic (exact) mass is 257 g/mol. The fourth-order valence-corrected chi connectivity index (χ4v) is 1.74. The first-order valence-corrected chi connectivity index (χ1v) is 5.28. The van der Waals surface area contributed by atoms with Crippen LogP contribution in [-0.4, -0.2) is 16.1 Å². The van der Waals surface area contributed by atoms with Crippen molar-refractivity contribution in [1.82, 2.24) is 4.98 Å². The summed E-state index contributed by atoms with van der Waals surface area (Å²) in [5.41, 5.74) is 0.807. The highest BCUT2D eigenvalue weighted by Gasteiger charge is 2.18. The summed E-state index contributed by atoms with van der Waals surface area (Å²) in [5.74, 6) is -1.19. The fourth-order valence-electron chi connectivity index (χ4n) is 1.36. The Kier molecular flexibility index (Phi) is 4.07. The topological polar surface area (TPSA) is 50.2 Å². The zero-order valence-electron chi connectivity index (χ0n) is 7.90. The van der Waals surface area contributed by atoms with Crippen molar-refractivity contribution in [3.63, 3.8) is 0 Å². The Hall–Kier alpha value is -0.900. The van der Waals surface area contributed by atoms with E-state index < -0.39 is 11.9 Å². The Bertz CT molecular complexity index is 328. The molecular weight excluding hydrogens is 246 g/mol. The molecule has 14 heavy (non-hydrogen) atoms. The molecule has 0 saturated carbocycles. The summed E-state index contributed by atoms with van der Waals surface area (Å²) < 4.78 is 0.678. The lowest BCUT2D eigenvalue weighted by molar-refractivity contribution is -0.139. The predicted octanol–water partition coefficient (Wildman–Crippen LogP) is 2.81. The molecule has 1 unspecified atom stereocenters.